The summed E-state index contributed by atoms with van der Waals surface area (Å²) >= 11 is 0. The monoisotopic (exact) mass is 478 g/mol. The minimum absolute atomic E-state index is 0.115. The zero-order chi connectivity index (χ0) is 24.0. The summed E-state index contributed by atoms with van der Waals surface area (Å²) in [7, 11) is -1.78. The van der Waals surface area contributed by atoms with Crippen molar-refractivity contribution in [1.29, 1.82) is 0 Å². The van der Waals surface area contributed by atoms with Gasteiger partial charge in [0, 0.05) is 37.1 Å². The van der Waals surface area contributed by atoms with Crippen molar-refractivity contribution in [2.75, 3.05) is 33.1 Å². The number of amides is 1. The van der Waals surface area contributed by atoms with E-state index in [2.05, 4.69) is 10.6 Å². The molecule has 1 aliphatic rings. The van der Waals surface area contributed by atoms with Crippen LogP contribution in [0.4, 0.5) is 0 Å². The van der Waals surface area contributed by atoms with E-state index in [4.69, 9.17) is 8.92 Å². The number of hydrogen-bond donors (Lipinski definition) is 0. The van der Waals surface area contributed by atoms with Crippen molar-refractivity contribution in [3.63, 3.8) is 0 Å². The van der Waals surface area contributed by atoms with Gasteiger partial charge in [0.15, 0.2) is 0 Å². The van der Waals surface area contributed by atoms with E-state index in [9.17, 15) is 13.2 Å². The third-order valence-electron chi connectivity index (χ3n) is 6.72. The molecule has 1 aromatic carbocycles. The molecule has 8 heteroatoms. The Kier molecular flexibility index (Phi) is 8.82. The standard InChI is InChI=1S/C25H38N2O5S/c1-5-26(6-2)23(28)16-8-7-11-19-12-9-13-20-24(19)25-21(14-10-15-22(25)31-3)27(20)17-18-32-33(4,29)30/h10,14-15,19H,5-9,11-13,16-18H2,1-4H3. The molecule has 1 aliphatic carbocycles. The van der Waals surface area contributed by atoms with Crippen molar-refractivity contribution in [1.82, 2.24) is 9.47 Å². The number of rotatable bonds is 12. The van der Waals surface area contributed by atoms with Crippen molar-refractivity contribution in [3.05, 3.63) is 29.5 Å². The van der Waals surface area contributed by atoms with Gasteiger partial charge in [0.05, 0.1) is 25.5 Å². The molecule has 7 nitrogen and oxygen atoms in total. The summed E-state index contributed by atoms with van der Waals surface area (Å²) in [5.41, 5.74) is 3.67. The number of carbonyl (C=O) groups is 1. The zero-order valence-electron chi connectivity index (χ0n) is 20.4. The fraction of sp³-hybridized carbons (Fsp3) is 0.640. The Morgan fingerprint density at radius 2 is 1.97 bits per heavy atom. The molecule has 3 rings (SSSR count). The lowest BCUT2D eigenvalue weighted by Gasteiger charge is -2.25. The van der Waals surface area contributed by atoms with Gasteiger partial charge in [0.1, 0.15) is 5.75 Å². The maximum absolute atomic E-state index is 12.3. The van der Waals surface area contributed by atoms with Crippen LogP contribution in [0, 0.1) is 0 Å². The molecule has 0 bridgehead atoms. The molecule has 0 N–H and O–H groups in total. The van der Waals surface area contributed by atoms with Crippen molar-refractivity contribution in [2.24, 2.45) is 0 Å². The normalized spacial score (nSPS) is 16.1. The van der Waals surface area contributed by atoms with Gasteiger partial charge < -0.3 is 14.2 Å². The van der Waals surface area contributed by atoms with Crippen LogP contribution in [0.2, 0.25) is 0 Å². The van der Waals surface area contributed by atoms with Crippen LogP contribution in [-0.4, -0.2) is 56.9 Å². The molecule has 0 saturated carbocycles. The van der Waals surface area contributed by atoms with Crippen LogP contribution < -0.4 is 4.74 Å². The highest BCUT2D eigenvalue weighted by molar-refractivity contribution is 7.85. The Morgan fingerprint density at radius 1 is 1.21 bits per heavy atom. The first kappa shape index (κ1) is 25.6. The van der Waals surface area contributed by atoms with Gasteiger partial charge >= 0.3 is 0 Å². The maximum atomic E-state index is 12.3. The predicted octanol–water partition coefficient (Wildman–Crippen LogP) is 4.47. The first-order chi connectivity index (χ1) is 15.8. The van der Waals surface area contributed by atoms with Crippen molar-refractivity contribution in [3.8, 4) is 5.75 Å². The van der Waals surface area contributed by atoms with E-state index in [1.807, 2.05) is 30.9 Å². The van der Waals surface area contributed by atoms with E-state index >= 15 is 0 Å². The van der Waals surface area contributed by atoms with E-state index in [1.54, 1.807) is 7.11 Å². The quantitative estimate of drug-likeness (QED) is 0.332. The van der Waals surface area contributed by atoms with E-state index < -0.39 is 10.1 Å². The lowest BCUT2D eigenvalue weighted by Crippen LogP contribution is -2.30. The molecule has 0 fully saturated rings. The molecule has 1 unspecified atom stereocenters. The van der Waals surface area contributed by atoms with E-state index in [0.29, 0.717) is 18.9 Å². The number of aromatic nitrogens is 1. The van der Waals surface area contributed by atoms with Crippen LogP contribution in [0.25, 0.3) is 10.9 Å². The van der Waals surface area contributed by atoms with Gasteiger partial charge in [-0.05, 0) is 69.6 Å². The van der Waals surface area contributed by atoms with Crippen molar-refractivity contribution in [2.45, 2.75) is 71.3 Å². The number of carbonyl (C=O) groups excluding carboxylic acids is 1. The highest BCUT2D eigenvalue weighted by Crippen LogP contribution is 2.44. The maximum Gasteiger partial charge on any atom is 0.264 e. The number of benzene rings is 1. The molecule has 1 aromatic heterocycles. The Balaban J connectivity index is 1.82. The average Bonchev–Trinajstić information content (AvgIpc) is 3.11. The molecule has 184 valence electrons. The van der Waals surface area contributed by atoms with E-state index in [1.165, 1.54) is 11.3 Å². The number of nitrogens with zero attached hydrogens (tertiary/aromatic N) is 2. The second kappa shape index (κ2) is 11.4. The summed E-state index contributed by atoms with van der Waals surface area (Å²) in [5.74, 6) is 1.51. The first-order valence-electron chi connectivity index (χ1n) is 12.1. The van der Waals surface area contributed by atoms with Crippen LogP contribution in [0.1, 0.15) is 69.5 Å². The van der Waals surface area contributed by atoms with Crippen LogP contribution in [0.5, 0.6) is 5.75 Å². The fourth-order valence-electron chi connectivity index (χ4n) is 5.22. The number of fused-ring (bicyclic) bond motifs is 3. The van der Waals surface area contributed by atoms with Crippen molar-refractivity contribution < 1.29 is 22.1 Å². The van der Waals surface area contributed by atoms with Crippen LogP contribution in [-0.2, 0) is 32.1 Å². The zero-order valence-corrected chi connectivity index (χ0v) is 21.2. The highest BCUT2D eigenvalue weighted by atomic mass is 32.2. The molecule has 0 spiro atoms. The summed E-state index contributed by atoms with van der Waals surface area (Å²) < 4.78 is 35.9. The van der Waals surface area contributed by atoms with Crippen LogP contribution >= 0.6 is 0 Å². The van der Waals surface area contributed by atoms with Gasteiger partial charge in [-0.2, -0.15) is 8.42 Å². The topological polar surface area (TPSA) is 77.8 Å². The van der Waals surface area contributed by atoms with Gasteiger partial charge in [0.25, 0.3) is 10.1 Å². The molecular weight excluding hydrogens is 440 g/mol. The highest BCUT2D eigenvalue weighted by Gasteiger charge is 2.29. The van der Waals surface area contributed by atoms with Crippen LogP contribution in [0.15, 0.2) is 18.2 Å². The molecule has 1 atom stereocenters. The molecule has 33 heavy (non-hydrogen) atoms. The number of methoxy groups -OCH3 is 1. The first-order valence-corrected chi connectivity index (χ1v) is 13.9. The fourth-order valence-corrected chi connectivity index (χ4v) is 5.59. The Morgan fingerprint density at radius 3 is 2.64 bits per heavy atom. The Bertz CT molecular complexity index is 1060. The van der Waals surface area contributed by atoms with Crippen molar-refractivity contribution >= 4 is 26.9 Å². The second-order valence-electron chi connectivity index (χ2n) is 8.79. The third kappa shape index (κ3) is 6.09. The van der Waals surface area contributed by atoms with E-state index in [0.717, 1.165) is 74.5 Å². The summed E-state index contributed by atoms with van der Waals surface area (Å²) in [6.45, 7) is 6.18. The largest absolute Gasteiger partial charge is 0.496 e. The van der Waals surface area contributed by atoms with E-state index in [-0.39, 0.29) is 12.5 Å². The molecule has 0 radical (unpaired) electrons. The number of hydrogen-bond acceptors (Lipinski definition) is 5. The van der Waals surface area contributed by atoms with Crippen LogP contribution in [0.3, 0.4) is 0 Å². The van der Waals surface area contributed by atoms with Gasteiger partial charge in [0.2, 0.25) is 5.91 Å². The predicted molar refractivity (Wildman–Crippen MR) is 131 cm³/mol. The third-order valence-corrected chi connectivity index (χ3v) is 7.31. The second-order valence-corrected chi connectivity index (χ2v) is 10.4. The molecule has 2 aromatic rings. The summed E-state index contributed by atoms with van der Waals surface area (Å²) in [5, 5.41) is 1.14. The average molecular weight is 479 g/mol. The minimum Gasteiger partial charge on any atom is -0.496 e. The number of ether oxygens (including phenoxy) is 1. The summed E-state index contributed by atoms with van der Waals surface area (Å²) in [6, 6.07) is 6.05. The molecule has 1 amide bonds. The van der Waals surface area contributed by atoms with Gasteiger partial charge in [-0.1, -0.05) is 12.5 Å². The Hall–Kier alpha value is -2.06. The molecular formula is C25H38N2O5S. The number of unbranched alkanes of at least 4 members (excludes halogenated alkanes) is 1. The van der Waals surface area contributed by atoms with Gasteiger partial charge in [-0.3, -0.25) is 8.98 Å². The molecule has 1 heterocycles. The smallest absolute Gasteiger partial charge is 0.264 e. The van der Waals surface area contributed by atoms with Gasteiger partial charge in [-0.25, -0.2) is 0 Å². The summed E-state index contributed by atoms with van der Waals surface area (Å²) in [6.07, 6.45) is 7.82. The molecule has 0 aliphatic heterocycles. The summed E-state index contributed by atoms with van der Waals surface area (Å²) in [4.78, 5) is 14.2. The Labute approximate surface area is 198 Å². The SMILES string of the molecule is CCN(CC)C(=O)CCCCC1CCCc2c1c1c(OC)cccc1n2CCOS(C)(=O)=O. The lowest BCUT2D eigenvalue weighted by atomic mass is 9.81. The lowest BCUT2D eigenvalue weighted by molar-refractivity contribution is -0.130. The minimum atomic E-state index is -3.48. The molecule has 0 saturated heterocycles. The van der Waals surface area contributed by atoms with Gasteiger partial charge in [-0.15, -0.1) is 0 Å².